The minimum Gasteiger partial charge on any atom is -0.480 e. The van der Waals surface area contributed by atoms with Crippen molar-refractivity contribution in [3.63, 3.8) is 0 Å². The Kier molecular flexibility index (Phi) is 30.5. The monoisotopic (exact) mass is 1600 g/mol. The number of amides is 3. The molecule has 0 saturated carbocycles. The maximum absolute atomic E-state index is 12.0. The highest BCUT2D eigenvalue weighted by Crippen LogP contribution is 2.38. The predicted octanol–water partition coefficient (Wildman–Crippen LogP) is 8.01. The van der Waals surface area contributed by atoms with E-state index in [0.717, 1.165) is 205 Å². The van der Waals surface area contributed by atoms with Gasteiger partial charge in [0.1, 0.15) is 100 Å². The summed E-state index contributed by atoms with van der Waals surface area (Å²) in [7, 11) is 0. The normalized spacial score (nSPS) is 16.3. The summed E-state index contributed by atoms with van der Waals surface area (Å²) in [5.74, 6) is 5.31. The molecule has 0 aromatic carbocycles. The smallest absolute Gasteiger partial charge is 0.408 e. The number of anilines is 9. The Morgan fingerprint density at radius 3 is 1.06 bits per heavy atom. The molecule has 3 saturated heterocycles. The summed E-state index contributed by atoms with van der Waals surface area (Å²) in [5.41, 5.74) is 9.67. The zero-order valence-corrected chi connectivity index (χ0v) is 67.7. The molecule has 4 atom stereocenters. The fourth-order valence-corrected chi connectivity index (χ4v) is 14.6. The van der Waals surface area contributed by atoms with Crippen molar-refractivity contribution in [2.24, 2.45) is 0 Å². The zero-order valence-electron chi connectivity index (χ0n) is 67.7. The van der Waals surface area contributed by atoms with Gasteiger partial charge in [-0.25, -0.2) is 73.6 Å². The molecular weight excluding hydrogens is 1500 g/mol. The number of carboxylic acids is 3. The number of nitrogens with one attached hydrogen (secondary N) is 9. The molecule has 12 N–H and O–H groups in total. The molecule has 0 unspecified atom stereocenters. The number of aliphatic carboxylic acids is 3. The van der Waals surface area contributed by atoms with Crippen LogP contribution in [0.3, 0.4) is 0 Å². The number of nitrogens with zero attached hydrogens (tertiary/aromatic N) is 12. The van der Waals surface area contributed by atoms with Crippen LogP contribution in [0.25, 0.3) is 0 Å². The Morgan fingerprint density at radius 1 is 0.440 bits per heavy atom. The van der Waals surface area contributed by atoms with Gasteiger partial charge < -0.3 is 92.1 Å². The summed E-state index contributed by atoms with van der Waals surface area (Å²) >= 11 is 0. The van der Waals surface area contributed by atoms with Gasteiger partial charge in [0.25, 0.3) is 0 Å². The molecule has 116 heavy (non-hydrogen) atoms. The molecule has 36 nitrogen and oxygen atoms in total. The maximum Gasteiger partial charge on any atom is 0.408 e. The summed E-state index contributed by atoms with van der Waals surface area (Å²) in [5, 5.41) is 54.9. The third kappa shape index (κ3) is 24.1. The van der Waals surface area contributed by atoms with Crippen LogP contribution >= 0.6 is 0 Å². The van der Waals surface area contributed by atoms with Crippen molar-refractivity contribution < 1.29 is 72.7 Å². The average Bonchev–Trinajstić information content (AvgIpc) is 0.812. The second-order valence-corrected chi connectivity index (χ2v) is 30.1. The van der Waals surface area contributed by atoms with E-state index >= 15 is 0 Å². The van der Waals surface area contributed by atoms with E-state index in [4.69, 9.17) is 29.2 Å². The molecule has 12 heterocycles. The number of carbonyl (C=O) groups is 9. The molecule has 0 bridgehead atoms. The first kappa shape index (κ1) is 86.5. The van der Waals surface area contributed by atoms with Crippen molar-refractivity contribution in [3.8, 4) is 0 Å². The number of pyridine rings is 3. The number of ketones is 3. The first-order valence-electron chi connectivity index (χ1n) is 39.8. The van der Waals surface area contributed by atoms with Crippen molar-refractivity contribution in [3.05, 3.63) is 104 Å². The minimum absolute atomic E-state index is 0.0733. The van der Waals surface area contributed by atoms with Gasteiger partial charge in [0.15, 0.2) is 24.3 Å². The fourth-order valence-electron chi connectivity index (χ4n) is 14.6. The quantitative estimate of drug-likeness (QED) is 0.0207. The predicted molar refractivity (Wildman–Crippen MR) is 435 cm³/mol. The largest absolute Gasteiger partial charge is 0.480 e. The number of piperidine rings is 3. The van der Waals surface area contributed by atoms with Crippen molar-refractivity contribution in [1.82, 2.24) is 60.8 Å². The highest BCUT2D eigenvalue weighted by atomic mass is 16.6. The van der Waals surface area contributed by atoms with E-state index in [0.29, 0.717) is 52.7 Å². The van der Waals surface area contributed by atoms with Gasteiger partial charge in [-0.2, -0.15) is 0 Å². The Bertz CT molecular complexity index is 4530. The van der Waals surface area contributed by atoms with Crippen LogP contribution in [-0.2, 0) is 62.2 Å². The van der Waals surface area contributed by atoms with Crippen molar-refractivity contribution in [2.75, 3.05) is 138 Å². The minimum atomic E-state index is -1.29. The van der Waals surface area contributed by atoms with Gasteiger partial charge in [-0.05, 0) is 181 Å². The number of carbonyl (C=O) groups excluding carboxylic acids is 6. The number of hydrogen-bond acceptors (Lipinski definition) is 30. The molecule has 3 fully saturated rings. The summed E-state index contributed by atoms with van der Waals surface area (Å²) < 4.78 is 14.5. The highest BCUT2D eigenvalue weighted by Gasteiger charge is 2.33. The highest BCUT2D eigenvalue weighted by molar-refractivity contribution is 5.86. The molecule has 624 valence electrons. The molecule has 12 rings (SSSR count). The number of aryl methyl sites for hydroxylation is 6. The maximum atomic E-state index is 12.0. The number of Topliss-reactive ketones (excluding diaryl/α,β-unsaturated/α-hetero) is 3. The summed E-state index contributed by atoms with van der Waals surface area (Å²) in [6.45, 7) is 23.4. The Balaban J connectivity index is 0.000000184. The second kappa shape index (κ2) is 40.9. The van der Waals surface area contributed by atoms with Gasteiger partial charge in [0, 0.05) is 136 Å². The van der Waals surface area contributed by atoms with E-state index in [1.807, 2.05) is 20.8 Å². The van der Waals surface area contributed by atoms with Crippen LogP contribution in [0.15, 0.2) is 36.4 Å². The van der Waals surface area contributed by atoms with Crippen LogP contribution in [0.1, 0.15) is 178 Å². The number of fused-ring (bicyclic) bond motifs is 3. The van der Waals surface area contributed by atoms with Gasteiger partial charge in [0.2, 0.25) is 0 Å². The van der Waals surface area contributed by atoms with E-state index in [1.165, 1.54) is 44.4 Å². The average molecular weight is 1600 g/mol. The lowest BCUT2D eigenvalue weighted by Crippen LogP contribution is -2.46. The van der Waals surface area contributed by atoms with Crippen molar-refractivity contribution in [1.29, 1.82) is 0 Å². The second-order valence-electron chi connectivity index (χ2n) is 30.1. The number of rotatable bonds is 28. The molecule has 0 radical (unpaired) electrons. The SMILES string of the molecule is CC(=O)CCOC(=O)N[C@@H](CNc1nc(C)nc(N2CCC(c3ccc4c(n3)NCCC4)CC2)c1C)C(=O)O.CC(=O)COC(=O)N[C@@H](CNc1nc(C)nc(N2CCC(c3ccc4c(n3)NCCC4)CC2)c1C)C(=O)O.CC(=O)[C@H](C)OC(=O)N[C@@H](CNc1nc(C)nc(N2CCC(c3ccc4c(n3)NCCC4)CC2)c1C)C(=O)O. The topological polar surface area (TPSA) is 476 Å². The Morgan fingerprint density at radius 2 is 0.759 bits per heavy atom. The van der Waals surface area contributed by atoms with Gasteiger partial charge in [-0.3, -0.25) is 14.4 Å². The number of aromatic nitrogens is 9. The molecule has 36 heteroatoms. The molecule has 6 aromatic heterocycles. The molecule has 0 aliphatic carbocycles. The van der Waals surface area contributed by atoms with E-state index in [9.17, 15) is 58.5 Å². The molecule has 0 spiro atoms. The number of carboxylic acid groups (broad SMARTS) is 3. The molecule has 6 aromatic rings. The Hall–Kier alpha value is -11.9. The first-order valence-corrected chi connectivity index (χ1v) is 39.8. The van der Waals surface area contributed by atoms with E-state index < -0.39 is 67.0 Å². The molecule has 3 amide bonds. The van der Waals surface area contributed by atoms with Gasteiger partial charge in [-0.15, -0.1) is 0 Å². The van der Waals surface area contributed by atoms with Crippen molar-refractivity contribution in [2.45, 2.75) is 195 Å². The van der Waals surface area contributed by atoms with Crippen molar-refractivity contribution >= 4 is 106 Å². The van der Waals surface area contributed by atoms with E-state index in [-0.39, 0.29) is 50.0 Å². The zero-order chi connectivity index (χ0) is 83.3. The Labute approximate surface area is 673 Å². The van der Waals surface area contributed by atoms with Crippen LogP contribution in [-0.4, -0.2) is 230 Å². The van der Waals surface area contributed by atoms with Crippen LogP contribution < -0.4 is 62.6 Å². The van der Waals surface area contributed by atoms with Gasteiger partial charge >= 0.3 is 36.2 Å². The van der Waals surface area contributed by atoms with Crippen LogP contribution in [0.4, 0.5) is 66.7 Å². The lowest BCUT2D eigenvalue weighted by molar-refractivity contribution is -0.140. The standard InChI is InChI=1S/2C27H37N7O5.C26H35N7O5/c1-15-23(29-14-22(26(36)37)33-27(38)39-17(3)16(2)35)30-18(4)31-25(15)34-12-9-19(10-13-34)21-8-7-20-6-5-11-28-24(20)32-21;1-16(35)10-14-39-27(38)33-22(26(36)37)15-29-23-17(2)25(31-18(3)30-23)34-12-8-19(9-13-34)21-7-6-20-5-4-11-28-24(20)32-21;1-15(34)14-38-26(37)32-21(25(35)36)13-28-22-16(2)24(30-17(3)29-22)33-11-8-18(9-12-33)20-7-6-19-5-4-10-27-23(19)31-20/h7-8,17,19,22H,5-6,9-14H2,1-4H3,(H,28,32)(H,33,38)(H,36,37)(H,29,30,31);6-7,19,22H,4-5,8-15H2,1-3H3,(H,28,32)(H,33,38)(H,36,37)(H,29,30,31);6-7,18,21H,4-5,8-14H2,1-3H3,(H,27,31)(H,32,37)(H,35,36)(H,28,29,30)/t17-,22-;22-;21-/m000/s1. The summed E-state index contributed by atoms with van der Waals surface area (Å²) in [6, 6.07) is 9.29. The third-order valence-electron chi connectivity index (χ3n) is 21.2. The number of alkyl carbamates (subject to hydrolysis) is 3. The number of hydrogen-bond donors (Lipinski definition) is 12. The number of ether oxygens (including phenoxy) is 3. The lowest BCUT2D eigenvalue weighted by Gasteiger charge is -2.34. The van der Waals surface area contributed by atoms with Gasteiger partial charge in [0.05, 0.1) is 0 Å². The third-order valence-corrected chi connectivity index (χ3v) is 21.2. The van der Waals surface area contributed by atoms with Gasteiger partial charge in [-0.1, -0.05) is 18.2 Å². The summed E-state index contributed by atoms with van der Waals surface area (Å²) in [6.07, 6.45) is 8.60. The van der Waals surface area contributed by atoms with Crippen LogP contribution in [0.2, 0.25) is 0 Å². The molecule has 6 aliphatic heterocycles. The first-order chi connectivity index (χ1) is 55.5. The fraction of sp³-hybridized carbons (Fsp3) is 0.550. The lowest BCUT2D eigenvalue weighted by atomic mass is 9.92. The van der Waals surface area contributed by atoms with E-state index in [1.54, 1.807) is 20.8 Å². The van der Waals surface area contributed by atoms with Crippen LogP contribution in [0, 0.1) is 41.5 Å². The van der Waals surface area contributed by atoms with Crippen LogP contribution in [0.5, 0.6) is 0 Å². The summed E-state index contributed by atoms with van der Waals surface area (Å²) in [4.78, 5) is 153. The van der Waals surface area contributed by atoms with E-state index in [2.05, 4.69) is 129 Å². The molecule has 6 aliphatic rings. The molecular formula is C80H109N21O15.